The summed E-state index contributed by atoms with van der Waals surface area (Å²) in [4.78, 5) is 18.1. The fourth-order valence-electron chi connectivity index (χ4n) is 6.65. The van der Waals surface area contributed by atoms with Crippen molar-refractivity contribution in [3.8, 4) is 11.1 Å². The molecular formula is C32H41FN4O4. The van der Waals surface area contributed by atoms with E-state index in [0.29, 0.717) is 56.4 Å². The number of rotatable bonds is 8. The van der Waals surface area contributed by atoms with Crippen LogP contribution in [0.15, 0.2) is 36.5 Å². The maximum Gasteiger partial charge on any atom is 0.254 e. The average Bonchev–Trinajstić information content (AvgIpc) is 3.59. The number of benzene rings is 2. The van der Waals surface area contributed by atoms with Crippen LogP contribution in [-0.2, 0) is 21.3 Å². The molecule has 1 amide bonds. The SMILES string of the molecule is CC(C)[C@H](CCC1OCCO1)N1CC(c2cc(-c3ccc(F)cc3C(=O)N3CCOC[C@H]3C)c3cnn(C)c3c2)C1. The van der Waals surface area contributed by atoms with Gasteiger partial charge in [-0.3, -0.25) is 14.4 Å². The summed E-state index contributed by atoms with van der Waals surface area (Å²) in [5, 5.41) is 5.50. The molecule has 3 aliphatic heterocycles. The van der Waals surface area contributed by atoms with Crippen LogP contribution in [0, 0.1) is 11.7 Å². The van der Waals surface area contributed by atoms with Crippen molar-refractivity contribution in [1.82, 2.24) is 19.6 Å². The summed E-state index contributed by atoms with van der Waals surface area (Å²) >= 11 is 0. The average molecular weight is 565 g/mol. The number of ether oxygens (including phenoxy) is 3. The number of nitrogens with zero attached hydrogens (tertiary/aromatic N) is 4. The van der Waals surface area contributed by atoms with E-state index in [4.69, 9.17) is 14.2 Å². The van der Waals surface area contributed by atoms with Gasteiger partial charge in [0.1, 0.15) is 5.82 Å². The van der Waals surface area contributed by atoms with Crippen molar-refractivity contribution in [3.63, 3.8) is 0 Å². The number of carbonyl (C=O) groups is 1. The molecule has 220 valence electrons. The van der Waals surface area contributed by atoms with Gasteiger partial charge in [0.25, 0.3) is 5.91 Å². The van der Waals surface area contributed by atoms with E-state index in [1.165, 1.54) is 17.7 Å². The molecule has 3 saturated heterocycles. The van der Waals surface area contributed by atoms with E-state index in [2.05, 4.69) is 36.0 Å². The molecule has 0 bridgehead atoms. The van der Waals surface area contributed by atoms with Crippen LogP contribution in [-0.4, -0.2) is 89.9 Å². The zero-order chi connectivity index (χ0) is 28.7. The predicted molar refractivity (Wildman–Crippen MR) is 155 cm³/mol. The van der Waals surface area contributed by atoms with Crippen molar-refractivity contribution < 1.29 is 23.4 Å². The summed E-state index contributed by atoms with van der Waals surface area (Å²) in [7, 11) is 1.94. The van der Waals surface area contributed by atoms with Crippen LogP contribution < -0.4 is 0 Å². The summed E-state index contributed by atoms with van der Waals surface area (Å²) in [5.74, 6) is 0.317. The normalized spacial score (nSPS) is 21.6. The number of carbonyl (C=O) groups excluding carboxylic acids is 1. The zero-order valence-corrected chi connectivity index (χ0v) is 24.5. The maximum absolute atomic E-state index is 14.6. The summed E-state index contributed by atoms with van der Waals surface area (Å²) in [6.45, 7) is 11.3. The van der Waals surface area contributed by atoms with Crippen LogP contribution in [0.2, 0.25) is 0 Å². The van der Waals surface area contributed by atoms with E-state index >= 15 is 0 Å². The minimum atomic E-state index is -0.417. The highest BCUT2D eigenvalue weighted by Gasteiger charge is 2.36. The second-order valence-corrected chi connectivity index (χ2v) is 12.1. The standard InChI is InChI=1S/C32H41FN4O4/c1-20(2)29(7-8-31-40-11-12-41-31)36-17-23(18-36)22-13-26(28-16-34-35(4)30(28)14-22)25-6-5-24(33)15-27(25)32(38)37-9-10-39-19-21(37)3/h5-6,13-16,20-21,23,29,31H,7-12,17-19H2,1-4H3/t21-,29+/m1/s1. The Morgan fingerprint density at radius 3 is 2.61 bits per heavy atom. The Balaban J connectivity index is 1.29. The van der Waals surface area contributed by atoms with E-state index in [1.54, 1.807) is 11.0 Å². The van der Waals surface area contributed by atoms with E-state index in [-0.39, 0.29) is 18.2 Å². The molecular weight excluding hydrogens is 523 g/mol. The van der Waals surface area contributed by atoms with Crippen molar-refractivity contribution in [2.24, 2.45) is 13.0 Å². The first-order valence-corrected chi connectivity index (χ1v) is 14.9. The minimum Gasteiger partial charge on any atom is -0.377 e. The zero-order valence-electron chi connectivity index (χ0n) is 24.5. The predicted octanol–water partition coefficient (Wildman–Crippen LogP) is 4.82. The summed E-state index contributed by atoms with van der Waals surface area (Å²) in [6.07, 6.45) is 3.73. The van der Waals surface area contributed by atoms with Crippen molar-refractivity contribution in [3.05, 3.63) is 53.5 Å². The lowest BCUT2D eigenvalue weighted by Crippen LogP contribution is -2.52. The van der Waals surface area contributed by atoms with Crippen molar-refractivity contribution >= 4 is 16.8 Å². The molecule has 41 heavy (non-hydrogen) atoms. The van der Waals surface area contributed by atoms with Gasteiger partial charge in [-0.05, 0) is 66.6 Å². The number of fused-ring (bicyclic) bond motifs is 1. The molecule has 0 spiro atoms. The number of amides is 1. The number of aryl methyl sites for hydroxylation is 1. The first-order valence-electron chi connectivity index (χ1n) is 14.9. The van der Waals surface area contributed by atoms with Gasteiger partial charge in [-0.25, -0.2) is 4.39 Å². The summed E-state index contributed by atoms with van der Waals surface area (Å²) < 4.78 is 33.4. The molecule has 9 heteroatoms. The molecule has 0 N–H and O–H groups in total. The van der Waals surface area contributed by atoms with Crippen LogP contribution in [0.3, 0.4) is 0 Å². The van der Waals surface area contributed by atoms with E-state index in [1.807, 2.05) is 24.9 Å². The maximum atomic E-state index is 14.6. The molecule has 3 fully saturated rings. The monoisotopic (exact) mass is 564 g/mol. The molecule has 0 radical (unpaired) electrons. The lowest BCUT2D eigenvalue weighted by atomic mass is 9.84. The third kappa shape index (κ3) is 5.65. The molecule has 0 aliphatic carbocycles. The van der Waals surface area contributed by atoms with Crippen molar-refractivity contribution in [1.29, 1.82) is 0 Å². The second kappa shape index (κ2) is 11.8. The highest BCUT2D eigenvalue weighted by Crippen LogP contribution is 2.39. The van der Waals surface area contributed by atoms with Crippen LogP contribution >= 0.6 is 0 Å². The Morgan fingerprint density at radius 2 is 1.88 bits per heavy atom. The minimum absolute atomic E-state index is 0.0706. The first kappa shape index (κ1) is 28.3. The fourth-order valence-corrected chi connectivity index (χ4v) is 6.65. The largest absolute Gasteiger partial charge is 0.377 e. The molecule has 6 rings (SSSR count). The van der Waals surface area contributed by atoms with Crippen LogP contribution in [0.25, 0.3) is 22.0 Å². The third-order valence-corrected chi connectivity index (χ3v) is 9.03. The number of aromatic nitrogens is 2. The molecule has 4 heterocycles. The molecule has 2 aromatic carbocycles. The molecule has 0 unspecified atom stereocenters. The van der Waals surface area contributed by atoms with Crippen LogP contribution in [0.4, 0.5) is 4.39 Å². The summed E-state index contributed by atoms with van der Waals surface area (Å²) in [5.41, 5.74) is 4.27. The fraction of sp³-hybridized carbons (Fsp3) is 0.562. The Labute approximate surface area is 241 Å². The van der Waals surface area contributed by atoms with E-state index in [9.17, 15) is 9.18 Å². The Bertz CT molecular complexity index is 1400. The molecule has 1 aromatic heterocycles. The van der Waals surface area contributed by atoms with Gasteiger partial charge in [-0.2, -0.15) is 5.10 Å². The number of hydrogen-bond acceptors (Lipinski definition) is 6. The number of likely N-dealkylation sites (tertiary alicyclic amines) is 1. The lowest BCUT2D eigenvalue weighted by molar-refractivity contribution is -0.0564. The first-order chi connectivity index (χ1) is 19.8. The smallest absolute Gasteiger partial charge is 0.254 e. The highest BCUT2D eigenvalue weighted by atomic mass is 19.1. The van der Waals surface area contributed by atoms with Crippen LogP contribution in [0.5, 0.6) is 0 Å². The van der Waals surface area contributed by atoms with Gasteiger partial charge < -0.3 is 19.1 Å². The molecule has 0 saturated carbocycles. The van der Waals surface area contributed by atoms with E-state index < -0.39 is 5.82 Å². The van der Waals surface area contributed by atoms with Gasteiger partial charge in [0.15, 0.2) is 6.29 Å². The Morgan fingerprint density at radius 1 is 1.10 bits per heavy atom. The van der Waals surface area contributed by atoms with Crippen molar-refractivity contribution in [2.75, 3.05) is 46.1 Å². The van der Waals surface area contributed by atoms with Gasteiger partial charge in [0, 0.05) is 44.0 Å². The quantitative estimate of drug-likeness (QED) is 0.391. The van der Waals surface area contributed by atoms with Crippen LogP contribution in [0.1, 0.15) is 55.5 Å². The summed E-state index contributed by atoms with van der Waals surface area (Å²) in [6, 6.07) is 9.39. The van der Waals surface area contributed by atoms with Gasteiger partial charge in [-0.15, -0.1) is 0 Å². The number of halogens is 1. The topological polar surface area (TPSA) is 69.1 Å². The van der Waals surface area contributed by atoms with Gasteiger partial charge >= 0.3 is 0 Å². The Kier molecular flexibility index (Phi) is 8.14. The van der Waals surface area contributed by atoms with Gasteiger partial charge in [0.2, 0.25) is 0 Å². The molecule has 2 atom stereocenters. The molecule has 8 nitrogen and oxygen atoms in total. The van der Waals surface area contributed by atoms with E-state index in [0.717, 1.165) is 48.0 Å². The third-order valence-electron chi connectivity index (χ3n) is 9.03. The molecule has 3 aliphatic rings. The second-order valence-electron chi connectivity index (χ2n) is 12.1. The molecule has 3 aromatic rings. The highest BCUT2D eigenvalue weighted by molar-refractivity contribution is 6.05. The number of hydrogen-bond donors (Lipinski definition) is 0. The van der Waals surface area contributed by atoms with Crippen molar-refractivity contribution in [2.45, 2.75) is 57.9 Å². The lowest BCUT2D eigenvalue weighted by Gasteiger charge is -2.46. The van der Waals surface area contributed by atoms with Gasteiger partial charge in [-0.1, -0.05) is 19.9 Å². The number of morpholine rings is 1. The van der Waals surface area contributed by atoms with Gasteiger partial charge in [0.05, 0.1) is 49.7 Å². The Hall–Kier alpha value is -2.85.